The van der Waals surface area contributed by atoms with E-state index in [1.165, 1.54) is 25.7 Å². The molecule has 1 heterocycles. The van der Waals surface area contributed by atoms with E-state index in [0.29, 0.717) is 0 Å². The number of hydrogen-bond acceptors (Lipinski definition) is 1. The highest BCUT2D eigenvalue weighted by molar-refractivity contribution is 4.81. The van der Waals surface area contributed by atoms with E-state index < -0.39 is 0 Å². The van der Waals surface area contributed by atoms with Gasteiger partial charge in [-0.1, -0.05) is 20.3 Å². The van der Waals surface area contributed by atoms with Crippen LogP contribution in [-0.4, -0.2) is 12.2 Å². The van der Waals surface area contributed by atoms with Crippen LogP contribution in [0.1, 0.15) is 46.5 Å². The first-order valence-corrected chi connectivity index (χ1v) is 4.80. The Kier molecular flexibility index (Phi) is 2.94. The zero-order valence-corrected chi connectivity index (χ0v) is 8.02. The Morgan fingerprint density at radius 2 is 2.27 bits per heavy atom. The normalized spacial score (nSPS) is 34.1. The van der Waals surface area contributed by atoms with Crippen molar-refractivity contribution >= 4 is 0 Å². The summed E-state index contributed by atoms with van der Waals surface area (Å²) in [7, 11) is 0. The fraction of sp³-hybridized carbons (Fsp3) is 1.00. The first kappa shape index (κ1) is 9.05. The highest BCUT2D eigenvalue weighted by Crippen LogP contribution is 2.32. The summed E-state index contributed by atoms with van der Waals surface area (Å²) in [6, 6.07) is 0. The predicted octanol–water partition coefficient (Wildman–Crippen LogP) is 2.99. The molecule has 0 amide bonds. The molecule has 0 aromatic carbocycles. The van der Waals surface area contributed by atoms with Gasteiger partial charge >= 0.3 is 0 Å². The molecule has 2 atom stereocenters. The van der Waals surface area contributed by atoms with E-state index in [1.807, 2.05) is 0 Å². The molecule has 1 nitrogen and oxygen atoms in total. The van der Waals surface area contributed by atoms with Gasteiger partial charge in [0.25, 0.3) is 0 Å². The summed E-state index contributed by atoms with van der Waals surface area (Å²) >= 11 is 0. The Hall–Kier alpha value is -0.0400. The third-order valence-corrected chi connectivity index (χ3v) is 2.78. The molecule has 1 aliphatic rings. The summed E-state index contributed by atoms with van der Waals surface area (Å²) in [6.45, 7) is 7.80. The van der Waals surface area contributed by atoms with Gasteiger partial charge in [0.2, 0.25) is 0 Å². The average molecular weight is 156 g/mol. The van der Waals surface area contributed by atoms with Crippen molar-refractivity contribution in [1.29, 1.82) is 0 Å². The summed E-state index contributed by atoms with van der Waals surface area (Å²) < 4.78 is 5.71. The molecule has 2 unspecified atom stereocenters. The smallest absolute Gasteiger partial charge is 0.0657 e. The number of rotatable bonds is 3. The van der Waals surface area contributed by atoms with Crippen LogP contribution in [0.4, 0.5) is 0 Å². The van der Waals surface area contributed by atoms with E-state index in [0.717, 1.165) is 12.5 Å². The van der Waals surface area contributed by atoms with Gasteiger partial charge in [-0.3, -0.25) is 0 Å². The van der Waals surface area contributed by atoms with Gasteiger partial charge in [-0.15, -0.1) is 0 Å². The minimum atomic E-state index is 0.218. The van der Waals surface area contributed by atoms with Crippen LogP contribution in [-0.2, 0) is 4.74 Å². The molecule has 1 heteroatoms. The Balaban J connectivity index is 2.33. The van der Waals surface area contributed by atoms with Crippen LogP contribution < -0.4 is 0 Å². The molecule has 0 aromatic rings. The van der Waals surface area contributed by atoms with Gasteiger partial charge in [0, 0.05) is 6.61 Å². The van der Waals surface area contributed by atoms with Crippen LogP contribution in [0, 0.1) is 5.92 Å². The molecule has 0 bridgehead atoms. The van der Waals surface area contributed by atoms with Gasteiger partial charge in [0.1, 0.15) is 0 Å². The van der Waals surface area contributed by atoms with E-state index in [2.05, 4.69) is 20.8 Å². The second-order valence-electron chi connectivity index (χ2n) is 4.12. The lowest BCUT2D eigenvalue weighted by molar-refractivity contribution is 0.00175. The summed E-state index contributed by atoms with van der Waals surface area (Å²) in [6.07, 6.45) is 5.03. The van der Waals surface area contributed by atoms with Crippen molar-refractivity contribution in [2.75, 3.05) is 6.61 Å². The van der Waals surface area contributed by atoms with Crippen LogP contribution in [0.15, 0.2) is 0 Å². The van der Waals surface area contributed by atoms with Gasteiger partial charge < -0.3 is 4.74 Å². The molecule has 0 N–H and O–H groups in total. The highest BCUT2D eigenvalue weighted by Gasteiger charge is 2.30. The van der Waals surface area contributed by atoms with Gasteiger partial charge in [-0.25, -0.2) is 0 Å². The van der Waals surface area contributed by atoms with Crippen LogP contribution >= 0.6 is 0 Å². The average Bonchev–Trinajstić information content (AvgIpc) is 2.36. The lowest BCUT2D eigenvalue weighted by Gasteiger charge is -2.26. The molecule has 0 spiro atoms. The van der Waals surface area contributed by atoms with E-state index in [1.54, 1.807) is 0 Å². The minimum Gasteiger partial charge on any atom is -0.375 e. The van der Waals surface area contributed by atoms with Crippen LogP contribution in [0.25, 0.3) is 0 Å². The van der Waals surface area contributed by atoms with E-state index >= 15 is 0 Å². The zero-order valence-electron chi connectivity index (χ0n) is 8.02. The lowest BCUT2D eigenvalue weighted by Crippen LogP contribution is -2.25. The molecule has 0 radical (unpaired) electrons. The molecule has 0 aromatic heterocycles. The standard InChI is InChI=1S/C10H20O/c1-4-9(2)8-10(3)6-5-7-11-10/h9H,4-8H2,1-3H3. The molecule has 0 saturated carbocycles. The van der Waals surface area contributed by atoms with Gasteiger partial charge in [-0.05, 0) is 32.1 Å². The van der Waals surface area contributed by atoms with Crippen molar-refractivity contribution in [3.63, 3.8) is 0 Å². The summed E-state index contributed by atoms with van der Waals surface area (Å²) in [5.74, 6) is 0.818. The Bertz CT molecular complexity index is 114. The third-order valence-electron chi connectivity index (χ3n) is 2.78. The van der Waals surface area contributed by atoms with Gasteiger partial charge in [0.05, 0.1) is 5.60 Å². The number of hydrogen-bond donors (Lipinski definition) is 0. The Labute approximate surface area is 70.1 Å². The van der Waals surface area contributed by atoms with Crippen LogP contribution in [0.3, 0.4) is 0 Å². The minimum absolute atomic E-state index is 0.218. The van der Waals surface area contributed by atoms with Crippen molar-refractivity contribution in [2.45, 2.75) is 52.1 Å². The van der Waals surface area contributed by atoms with E-state index in [4.69, 9.17) is 4.74 Å². The summed E-state index contributed by atoms with van der Waals surface area (Å²) in [4.78, 5) is 0. The molecule has 1 rings (SSSR count). The largest absolute Gasteiger partial charge is 0.375 e. The van der Waals surface area contributed by atoms with E-state index in [9.17, 15) is 0 Å². The van der Waals surface area contributed by atoms with Crippen molar-refractivity contribution in [2.24, 2.45) is 5.92 Å². The zero-order chi connectivity index (χ0) is 8.32. The van der Waals surface area contributed by atoms with Crippen molar-refractivity contribution in [1.82, 2.24) is 0 Å². The SMILES string of the molecule is CCC(C)CC1(C)CCCO1. The maximum Gasteiger partial charge on any atom is 0.0657 e. The highest BCUT2D eigenvalue weighted by atomic mass is 16.5. The maximum atomic E-state index is 5.71. The Morgan fingerprint density at radius 3 is 2.73 bits per heavy atom. The van der Waals surface area contributed by atoms with E-state index in [-0.39, 0.29) is 5.60 Å². The second kappa shape index (κ2) is 3.57. The first-order chi connectivity index (χ1) is 5.16. The molecule has 1 fully saturated rings. The van der Waals surface area contributed by atoms with Crippen molar-refractivity contribution < 1.29 is 4.74 Å². The lowest BCUT2D eigenvalue weighted by atomic mass is 9.89. The topological polar surface area (TPSA) is 9.23 Å². The molecule has 11 heavy (non-hydrogen) atoms. The number of ether oxygens (including phenoxy) is 1. The first-order valence-electron chi connectivity index (χ1n) is 4.80. The molecule has 1 saturated heterocycles. The fourth-order valence-corrected chi connectivity index (χ4v) is 1.88. The van der Waals surface area contributed by atoms with Crippen LogP contribution in [0.2, 0.25) is 0 Å². The second-order valence-corrected chi connectivity index (χ2v) is 4.12. The summed E-state index contributed by atoms with van der Waals surface area (Å²) in [5.41, 5.74) is 0.218. The molecule has 66 valence electrons. The quantitative estimate of drug-likeness (QED) is 0.610. The molecule has 0 aliphatic carbocycles. The third kappa shape index (κ3) is 2.48. The monoisotopic (exact) mass is 156 g/mol. The maximum absolute atomic E-state index is 5.71. The summed E-state index contributed by atoms with van der Waals surface area (Å²) in [5, 5.41) is 0. The fourth-order valence-electron chi connectivity index (χ4n) is 1.88. The van der Waals surface area contributed by atoms with Crippen LogP contribution in [0.5, 0.6) is 0 Å². The predicted molar refractivity (Wildman–Crippen MR) is 47.7 cm³/mol. The van der Waals surface area contributed by atoms with Gasteiger partial charge in [0.15, 0.2) is 0 Å². The molecular weight excluding hydrogens is 136 g/mol. The Morgan fingerprint density at radius 1 is 1.55 bits per heavy atom. The van der Waals surface area contributed by atoms with Crippen molar-refractivity contribution in [3.05, 3.63) is 0 Å². The molecular formula is C10H20O. The molecule has 1 aliphatic heterocycles. The van der Waals surface area contributed by atoms with Gasteiger partial charge in [-0.2, -0.15) is 0 Å². The van der Waals surface area contributed by atoms with Crippen molar-refractivity contribution in [3.8, 4) is 0 Å².